The van der Waals surface area contributed by atoms with Crippen LogP contribution < -0.4 is 0 Å². The molecule has 0 saturated carbocycles. The summed E-state index contributed by atoms with van der Waals surface area (Å²) in [7, 11) is 0. The largest absolute Gasteiger partial charge is 0.429 e. The zero-order chi connectivity index (χ0) is 18.7. The Bertz CT molecular complexity index is 620. The van der Waals surface area contributed by atoms with Crippen LogP contribution in [-0.4, -0.2) is 17.4 Å². The summed E-state index contributed by atoms with van der Waals surface area (Å²) in [6, 6.07) is 8.67. The fourth-order valence-electron chi connectivity index (χ4n) is 2.35. The lowest BCUT2D eigenvalue weighted by atomic mass is 10.1. The molecule has 0 aliphatic heterocycles. The number of esters is 1. The zero-order valence-electron chi connectivity index (χ0n) is 15.8. The SMILES string of the molecule is CC(C)=CCCC(C)=CCCC(C)=CC(O)OC(=O)c1ccccc1. The number of aliphatic hydroxyl groups excluding tert-OH is 1. The maximum absolute atomic E-state index is 11.9. The first-order valence-corrected chi connectivity index (χ1v) is 8.79. The molecule has 0 amide bonds. The van der Waals surface area contributed by atoms with Crippen molar-refractivity contribution in [1.29, 1.82) is 0 Å². The molecule has 0 heterocycles. The highest BCUT2D eigenvalue weighted by molar-refractivity contribution is 5.89. The van der Waals surface area contributed by atoms with Crippen molar-refractivity contribution in [3.8, 4) is 0 Å². The van der Waals surface area contributed by atoms with Crippen LogP contribution in [0.15, 0.2) is 65.3 Å². The second-order valence-electron chi connectivity index (χ2n) is 6.58. The number of allylic oxidation sites excluding steroid dienone is 5. The summed E-state index contributed by atoms with van der Waals surface area (Å²) in [5.41, 5.74) is 4.16. The molecule has 1 unspecified atom stereocenters. The number of ether oxygens (including phenoxy) is 1. The van der Waals surface area contributed by atoms with Crippen LogP contribution in [0.3, 0.4) is 0 Å². The van der Waals surface area contributed by atoms with E-state index in [1.165, 1.54) is 11.1 Å². The van der Waals surface area contributed by atoms with E-state index in [0.717, 1.165) is 31.3 Å². The van der Waals surface area contributed by atoms with Gasteiger partial charge in [-0.3, -0.25) is 0 Å². The molecule has 0 fully saturated rings. The van der Waals surface area contributed by atoms with Crippen LogP contribution in [0, 0.1) is 0 Å². The molecule has 1 aromatic carbocycles. The number of aliphatic hydroxyl groups is 1. The van der Waals surface area contributed by atoms with Crippen molar-refractivity contribution in [2.75, 3.05) is 0 Å². The van der Waals surface area contributed by atoms with Crippen LogP contribution in [0.1, 0.15) is 63.7 Å². The third-order valence-electron chi connectivity index (χ3n) is 3.79. The number of hydrogen-bond donors (Lipinski definition) is 1. The summed E-state index contributed by atoms with van der Waals surface area (Å²) in [5.74, 6) is -0.521. The Morgan fingerprint density at radius 3 is 2.24 bits per heavy atom. The molecule has 0 radical (unpaired) electrons. The highest BCUT2D eigenvalue weighted by atomic mass is 16.6. The highest BCUT2D eigenvalue weighted by Crippen LogP contribution is 2.12. The molecule has 0 aliphatic carbocycles. The summed E-state index contributed by atoms with van der Waals surface area (Å²) >= 11 is 0. The Labute approximate surface area is 151 Å². The molecule has 0 saturated heterocycles. The van der Waals surface area contributed by atoms with Crippen LogP contribution in [0.4, 0.5) is 0 Å². The van der Waals surface area contributed by atoms with E-state index in [9.17, 15) is 9.90 Å². The lowest BCUT2D eigenvalue weighted by molar-refractivity contribution is -0.0356. The molecular weight excluding hydrogens is 312 g/mol. The third kappa shape index (κ3) is 9.68. The van der Waals surface area contributed by atoms with Crippen molar-refractivity contribution in [1.82, 2.24) is 0 Å². The van der Waals surface area contributed by atoms with Crippen LogP contribution >= 0.6 is 0 Å². The van der Waals surface area contributed by atoms with Gasteiger partial charge >= 0.3 is 5.97 Å². The van der Waals surface area contributed by atoms with Gasteiger partial charge in [-0.2, -0.15) is 0 Å². The van der Waals surface area contributed by atoms with E-state index in [-0.39, 0.29) is 0 Å². The van der Waals surface area contributed by atoms with Gasteiger partial charge in [0.05, 0.1) is 5.56 Å². The minimum atomic E-state index is -1.21. The zero-order valence-corrected chi connectivity index (χ0v) is 15.8. The van der Waals surface area contributed by atoms with Gasteiger partial charge in [-0.05, 0) is 71.6 Å². The molecule has 136 valence electrons. The van der Waals surface area contributed by atoms with Gasteiger partial charge in [-0.15, -0.1) is 0 Å². The van der Waals surface area contributed by atoms with Gasteiger partial charge in [0.1, 0.15) is 0 Å². The molecule has 0 aliphatic rings. The van der Waals surface area contributed by atoms with Gasteiger partial charge in [0.25, 0.3) is 0 Å². The summed E-state index contributed by atoms with van der Waals surface area (Å²) in [4.78, 5) is 11.9. The standard InChI is InChI=1S/C22H30O3/c1-17(2)10-8-11-18(3)12-9-13-19(4)16-21(23)25-22(24)20-14-6-5-7-15-20/h5-7,10,12,14-16,21,23H,8-9,11,13H2,1-4H3. The summed E-state index contributed by atoms with van der Waals surface area (Å²) in [5, 5.41) is 9.89. The number of carbonyl (C=O) groups excluding carboxylic acids is 1. The average molecular weight is 342 g/mol. The lowest BCUT2D eigenvalue weighted by Gasteiger charge is -2.10. The van der Waals surface area contributed by atoms with E-state index in [4.69, 9.17) is 4.74 Å². The van der Waals surface area contributed by atoms with Crippen molar-refractivity contribution in [3.63, 3.8) is 0 Å². The monoisotopic (exact) mass is 342 g/mol. The normalized spacial score (nSPS) is 13.3. The van der Waals surface area contributed by atoms with Gasteiger partial charge in [-0.25, -0.2) is 4.79 Å². The molecule has 0 spiro atoms. The fourth-order valence-corrected chi connectivity index (χ4v) is 2.35. The van der Waals surface area contributed by atoms with E-state index in [1.807, 2.05) is 13.0 Å². The summed E-state index contributed by atoms with van der Waals surface area (Å²) in [6.45, 7) is 8.31. The Hall–Kier alpha value is -2.13. The maximum atomic E-state index is 11.9. The van der Waals surface area contributed by atoms with E-state index < -0.39 is 12.3 Å². The van der Waals surface area contributed by atoms with E-state index >= 15 is 0 Å². The molecule has 0 aromatic heterocycles. The Kier molecular flexibility index (Phi) is 9.56. The number of benzene rings is 1. The van der Waals surface area contributed by atoms with Gasteiger partial charge in [0.15, 0.2) is 0 Å². The molecule has 0 bridgehead atoms. The minimum absolute atomic E-state index is 0.433. The average Bonchev–Trinajstić information content (AvgIpc) is 2.55. The van der Waals surface area contributed by atoms with Crippen LogP contribution in [-0.2, 0) is 4.74 Å². The van der Waals surface area contributed by atoms with Crippen molar-refractivity contribution < 1.29 is 14.6 Å². The summed E-state index contributed by atoms with van der Waals surface area (Å²) in [6.07, 6.45) is 8.77. The highest BCUT2D eigenvalue weighted by Gasteiger charge is 2.10. The molecule has 3 nitrogen and oxygen atoms in total. The molecular formula is C22H30O3. The fraction of sp³-hybridized carbons (Fsp3) is 0.409. The first-order valence-electron chi connectivity index (χ1n) is 8.79. The minimum Gasteiger partial charge on any atom is -0.429 e. The Balaban J connectivity index is 2.39. The van der Waals surface area contributed by atoms with Crippen LogP contribution in [0.5, 0.6) is 0 Å². The quantitative estimate of drug-likeness (QED) is 0.362. The van der Waals surface area contributed by atoms with E-state index in [1.54, 1.807) is 30.3 Å². The maximum Gasteiger partial charge on any atom is 0.340 e. The van der Waals surface area contributed by atoms with Crippen molar-refractivity contribution >= 4 is 5.97 Å². The Morgan fingerprint density at radius 1 is 1.00 bits per heavy atom. The molecule has 1 aromatic rings. The predicted molar refractivity (Wildman–Crippen MR) is 103 cm³/mol. The van der Waals surface area contributed by atoms with Crippen LogP contribution in [0.25, 0.3) is 0 Å². The number of carbonyl (C=O) groups is 1. The second-order valence-corrected chi connectivity index (χ2v) is 6.58. The van der Waals surface area contributed by atoms with E-state index in [2.05, 4.69) is 32.9 Å². The number of hydrogen-bond acceptors (Lipinski definition) is 3. The number of rotatable bonds is 9. The van der Waals surface area contributed by atoms with E-state index in [0.29, 0.717) is 5.56 Å². The molecule has 25 heavy (non-hydrogen) atoms. The summed E-state index contributed by atoms with van der Waals surface area (Å²) < 4.78 is 5.03. The van der Waals surface area contributed by atoms with Crippen molar-refractivity contribution in [2.24, 2.45) is 0 Å². The van der Waals surface area contributed by atoms with Gasteiger partial charge in [0, 0.05) is 0 Å². The molecule has 1 N–H and O–H groups in total. The van der Waals surface area contributed by atoms with Gasteiger partial charge in [0.2, 0.25) is 6.29 Å². The smallest absolute Gasteiger partial charge is 0.340 e. The first-order chi connectivity index (χ1) is 11.9. The third-order valence-corrected chi connectivity index (χ3v) is 3.79. The predicted octanol–water partition coefficient (Wildman–Crippen LogP) is 5.58. The first kappa shape index (κ1) is 20.9. The Morgan fingerprint density at radius 2 is 1.60 bits per heavy atom. The topological polar surface area (TPSA) is 46.5 Å². The van der Waals surface area contributed by atoms with Crippen molar-refractivity contribution in [3.05, 3.63) is 70.8 Å². The van der Waals surface area contributed by atoms with Crippen molar-refractivity contribution in [2.45, 2.75) is 59.7 Å². The molecule has 3 heteroatoms. The molecule has 1 atom stereocenters. The van der Waals surface area contributed by atoms with Crippen LogP contribution in [0.2, 0.25) is 0 Å². The second kappa shape index (κ2) is 11.4. The van der Waals surface area contributed by atoms with Gasteiger partial charge in [-0.1, -0.05) is 47.1 Å². The van der Waals surface area contributed by atoms with Gasteiger partial charge < -0.3 is 9.84 Å². The molecule has 1 rings (SSSR count). The lowest BCUT2D eigenvalue weighted by Crippen LogP contribution is -2.15.